The molecule has 0 unspecified atom stereocenters. The smallest absolute Gasteiger partial charge is 0.240 e. The zero-order valence-electron chi connectivity index (χ0n) is 11.4. The normalized spacial score (nSPS) is 12.5. The first-order valence-electron chi connectivity index (χ1n) is 5.92. The van der Waals surface area contributed by atoms with Crippen LogP contribution >= 0.6 is 0 Å². The third-order valence-electron chi connectivity index (χ3n) is 2.39. The second-order valence-electron chi connectivity index (χ2n) is 4.50. The van der Waals surface area contributed by atoms with Gasteiger partial charge < -0.3 is 5.73 Å². The molecule has 7 nitrogen and oxygen atoms in total. The summed E-state index contributed by atoms with van der Waals surface area (Å²) in [5.41, 5.74) is 6.74. The number of sulfonamides is 2. The molecule has 9 heteroatoms. The van der Waals surface area contributed by atoms with Crippen molar-refractivity contribution in [2.24, 2.45) is 0 Å². The molecule has 0 aromatic heterocycles. The molecule has 114 valence electrons. The molecule has 0 aliphatic rings. The molecule has 0 radical (unpaired) electrons. The first-order chi connectivity index (χ1) is 9.10. The van der Waals surface area contributed by atoms with Crippen LogP contribution in [0.5, 0.6) is 0 Å². The summed E-state index contributed by atoms with van der Waals surface area (Å²) in [6.45, 7) is 2.07. The lowest BCUT2D eigenvalue weighted by molar-refractivity contribution is 0.575. The van der Waals surface area contributed by atoms with E-state index in [1.807, 2.05) is 0 Å². The summed E-state index contributed by atoms with van der Waals surface area (Å²) in [6.07, 6.45) is 1.40. The fraction of sp³-hybridized carbons (Fsp3) is 0.455. The van der Waals surface area contributed by atoms with Gasteiger partial charge in [0.15, 0.2) is 0 Å². The second-order valence-corrected chi connectivity index (χ2v) is 8.10. The van der Waals surface area contributed by atoms with Gasteiger partial charge in [-0.1, -0.05) is 0 Å². The van der Waals surface area contributed by atoms with E-state index in [0.717, 1.165) is 11.8 Å². The van der Waals surface area contributed by atoms with E-state index < -0.39 is 20.0 Å². The standard InChI is InChI=1S/C11H19N3O4S2/c1-9-6-10(12)8-11(7-9)20(17,18)14-5-3-4-13-19(2,15)16/h6-8,13-14H,3-5,12H2,1-2H3. The summed E-state index contributed by atoms with van der Waals surface area (Å²) < 4.78 is 50.3. The molecule has 0 spiro atoms. The molecular formula is C11H19N3O4S2. The van der Waals surface area contributed by atoms with Crippen molar-refractivity contribution in [2.75, 3.05) is 25.1 Å². The summed E-state index contributed by atoms with van der Waals surface area (Å²) in [6, 6.07) is 4.58. The predicted molar refractivity (Wildman–Crippen MR) is 78.2 cm³/mol. The first-order valence-corrected chi connectivity index (χ1v) is 9.29. The predicted octanol–water partition coefficient (Wildman–Crippen LogP) is -0.205. The Morgan fingerprint density at radius 3 is 2.20 bits per heavy atom. The zero-order valence-corrected chi connectivity index (χ0v) is 13.0. The van der Waals surface area contributed by atoms with Crippen LogP contribution in [-0.4, -0.2) is 36.2 Å². The lowest BCUT2D eigenvalue weighted by atomic mass is 10.2. The van der Waals surface area contributed by atoms with E-state index in [0.29, 0.717) is 12.1 Å². The van der Waals surface area contributed by atoms with E-state index in [4.69, 9.17) is 5.73 Å². The van der Waals surface area contributed by atoms with Crippen LogP contribution in [0.2, 0.25) is 0 Å². The van der Waals surface area contributed by atoms with Gasteiger partial charge in [-0.05, 0) is 37.1 Å². The Labute approximate surface area is 119 Å². The van der Waals surface area contributed by atoms with Crippen LogP contribution in [0.25, 0.3) is 0 Å². The number of nitrogens with one attached hydrogen (secondary N) is 2. The third-order valence-corrected chi connectivity index (χ3v) is 4.56. The van der Waals surface area contributed by atoms with Gasteiger partial charge in [0.05, 0.1) is 11.2 Å². The molecular weight excluding hydrogens is 302 g/mol. The number of hydrogen-bond acceptors (Lipinski definition) is 5. The molecule has 0 heterocycles. The highest BCUT2D eigenvalue weighted by molar-refractivity contribution is 7.89. The largest absolute Gasteiger partial charge is 0.399 e. The Morgan fingerprint density at radius 1 is 1.05 bits per heavy atom. The quantitative estimate of drug-likeness (QED) is 0.474. The highest BCUT2D eigenvalue weighted by Gasteiger charge is 2.14. The lowest BCUT2D eigenvalue weighted by Gasteiger charge is -2.08. The number of benzene rings is 1. The van der Waals surface area contributed by atoms with Gasteiger partial charge in [-0.3, -0.25) is 0 Å². The molecule has 1 aromatic carbocycles. The van der Waals surface area contributed by atoms with E-state index in [9.17, 15) is 16.8 Å². The average molecular weight is 321 g/mol. The van der Waals surface area contributed by atoms with Crippen molar-refractivity contribution in [1.29, 1.82) is 0 Å². The molecule has 0 aliphatic carbocycles. The Balaban J connectivity index is 2.58. The molecule has 0 amide bonds. The summed E-state index contributed by atoms with van der Waals surface area (Å²) in [7, 11) is -6.88. The van der Waals surface area contributed by atoms with Crippen molar-refractivity contribution in [1.82, 2.24) is 9.44 Å². The van der Waals surface area contributed by atoms with Crippen LogP contribution in [-0.2, 0) is 20.0 Å². The van der Waals surface area contributed by atoms with Gasteiger partial charge in [0, 0.05) is 18.8 Å². The van der Waals surface area contributed by atoms with Gasteiger partial charge in [0.25, 0.3) is 0 Å². The van der Waals surface area contributed by atoms with Crippen LogP contribution in [0.15, 0.2) is 23.1 Å². The zero-order chi connectivity index (χ0) is 15.4. The lowest BCUT2D eigenvalue weighted by Crippen LogP contribution is -2.29. The van der Waals surface area contributed by atoms with Crippen LogP contribution in [0.1, 0.15) is 12.0 Å². The average Bonchev–Trinajstić information content (AvgIpc) is 2.25. The van der Waals surface area contributed by atoms with Crippen LogP contribution < -0.4 is 15.2 Å². The third kappa shape index (κ3) is 5.87. The molecule has 1 aromatic rings. The van der Waals surface area contributed by atoms with Gasteiger partial charge in [-0.15, -0.1) is 0 Å². The molecule has 4 N–H and O–H groups in total. The molecule has 1 rings (SSSR count). The maximum Gasteiger partial charge on any atom is 0.240 e. The molecule has 0 saturated heterocycles. The van der Waals surface area contributed by atoms with Gasteiger partial charge >= 0.3 is 0 Å². The fourth-order valence-electron chi connectivity index (χ4n) is 1.57. The summed E-state index contributed by atoms with van der Waals surface area (Å²) in [5, 5.41) is 0. The SMILES string of the molecule is Cc1cc(N)cc(S(=O)(=O)NCCCNS(C)(=O)=O)c1. The van der Waals surface area contributed by atoms with E-state index in [-0.39, 0.29) is 18.0 Å². The molecule has 0 aliphatic heterocycles. The summed E-state index contributed by atoms with van der Waals surface area (Å²) in [5.74, 6) is 0. The van der Waals surface area contributed by atoms with Crippen LogP contribution in [0.3, 0.4) is 0 Å². The summed E-state index contributed by atoms with van der Waals surface area (Å²) in [4.78, 5) is 0.103. The van der Waals surface area contributed by atoms with E-state index in [1.54, 1.807) is 13.0 Å². The van der Waals surface area contributed by atoms with Gasteiger partial charge in [0.2, 0.25) is 20.0 Å². The topological polar surface area (TPSA) is 118 Å². The van der Waals surface area contributed by atoms with Crippen LogP contribution in [0.4, 0.5) is 5.69 Å². The maximum atomic E-state index is 12.0. The van der Waals surface area contributed by atoms with E-state index in [1.165, 1.54) is 12.1 Å². The number of hydrogen-bond donors (Lipinski definition) is 3. The van der Waals surface area contributed by atoms with E-state index in [2.05, 4.69) is 9.44 Å². The Morgan fingerprint density at radius 2 is 1.65 bits per heavy atom. The van der Waals surface area contributed by atoms with Crippen molar-refractivity contribution in [3.63, 3.8) is 0 Å². The summed E-state index contributed by atoms with van der Waals surface area (Å²) >= 11 is 0. The monoisotopic (exact) mass is 321 g/mol. The Hall–Kier alpha value is -1.16. The second kappa shape index (κ2) is 6.53. The molecule has 0 saturated carbocycles. The van der Waals surface area contributed by atoms with Crippen molar-refractivity contribution in [2.45, 2.75) is 18.2 Å². The van der Waals surface area contributed by atoms with Gasteiger partial charge in [-0.25, -0.2) is 26.3 Å². The van der Waals surface area contributed by atoms with Crippen molar-refractivity contribution in [3.05, 3.63) is 23.8 Å². The number of nitrogen functional groups attached to an aromatic ring is 1. The minimum atomic E-state index is -3.63. The first kappa shape index (κ1) is 16.9. The number of rotatable bonds is 7. The fourth-order valence-corrected chi connectivity index (χ4v) is 3.29. The highest BCUT2D eigenvalue weighted by Crippen LogP contribution is 2.15. The van der Waals surface area contributed by atoms with Crippen LogP contribution in [0, 0.1) is 6.92 Å². The van der Waals surface area contributed by atoms with Crippen molar-refractivity contribution >= 4 is 25.7 Å². The Kier molecular flexibility index (Phi) is 5.51. The number of nitrogens with two attached hydrogens (primary N) is 1. The van der Waals surface area contributed by atoms with Crippen molar-refractivity contribution < 1.29 is 16.8 Å². The van der Waals surface area contributed by atoms with E-state index >= 15 is 0 Å². The number of anilines is 1. The molecule has 20 heavy (non-hydrogen) atoms. The molecule has 0 atom stereocenters. The molecule has 0 bridgehead atoms. The maximum absolute atomic E-state index is 12.0. The minimum Gasteiger partial charge on any atom is -0.399 e. The Bertz CT molecular complexity index is 649. The van der Waals surface area contributed by atoms with Gasteiger partial charge in [0.1, 0.15) is 0 Å². The molecule has 0 fully saturated rings. The highest BCUT2D eigenvalue weighted by atomic mass is 32.2. The van der Waals surface area contributed by atoms with Crippen molar-refractivity contribution in [3.8, 4) is 0 Å². The minimum absolute atomic E-state index is 0.103. The number of aryl methyl sites for hydroxylation is 1. The van der Waals surface area contributed by atoms with Gasteiger partial charge in [-0.2, -0.15) is 0 Å².